The predicted molar refractivity (Wildman–Crippen MR) is 138 cm³/mol. The van der Waals surface area contributed by atoms with Crippen molar-refractivity contribution in [3.8, 4) is 11.1 Å². The van der Waals surface area contributed by atoms with Crippen molar-refractivity contribution >= 4 is 5.57 Å². The lowest BCUT2D eigenvalue weighted by Gasteiger charge is -2.42. The van der Waals surface area contributed by atoms with E-state index in [2.05, 4.69) is 98.2 Å². The fourth-order valence-electron chi connectivity index (χ4n) is 5.08. The zero-order valence-corrected chi connectivity index (χ0v) is 20.4. The quantitative estimate of drug-likeness (QED) is 0.502. The number of hydrogen-bond donors (Lipinski definition) is 0. The largest absolute Gasteiger partial charge is 0.297 e. The fourth-order valence-corrected chi connectivity index (χ4v) is 5.08. The minimum atomic E-state index is 0.270. The van der Waals surface area contributed by atoms with Gasteiger partial charge >= 0.3 is 0 Å². The van der Waals surface area contributed by atoms with E-state index in [1.165, 1.54) is 44.6 Å². The van der Waals surface area contributed by atoms with Crippen molar-refractivity contribution in [3.05, 3.63) is 94.8 Å². The van der Waals surface area contributed by atoms with Gasteiger partial charge in [0.15, 0.2) is 0 Å². The van der Waals surface area contributed by atoms with Gasteiger partial charge in [0.05, 0.1) is 5.69 Å². The molecule has 0 N–H and O–H groups in total. The average molecular weight is 438 g/mol. The molecule has 33 heavy (non-hydrogen) atoms. The summed E-state index contributed by atoms with van der Waals surface area (Å²) in [6.45, 7) is 14.7. The third kappa shape index (κ3) is 4.80. The van der Waals surface area contributed by atoms with Crippen LogP contribution in [0.5, 0.6) is 0 Å². The summed E-state index contributed by atoms with van der Waals surface area (Å²) in [4.78, 5) is 9.98. The summed E-state index contributed by atoms with van der Waals surface area (Å²) < 4.78 is 0. The van der Waals surface area contributed by atoms with E-state index in [-0.39, 0.29) is 5.54 Å². The molecule has 0 unspecified atom stereocenters. The number of benzene rings is 2. The first-order valence-corrected chi connectivity index (χ1v) is 12.2. The molecule has 0 saturated carbocycles. The second-order valence-electron chi connectivity index (χ2n) is 10.5. The lowest BCUT2D eigenvalue weighted by molar-refractivity contribution is 0.0591. The minimum Gasteiger partial charge on any atom is -0.297 e. The smallest absolute Gasteiger partial charge is 0.0520 e. The van der Waals surface area contributed by atoms with Crippen LogP contribution in [-0.2, 0) is 13.0 Å². The average Bonchev–Trinajstić information content (AvgIpc) is 3.23. The van der Waals surface area contributed by atoms with Gasteiger partial charge in [0.25, 0.3) is 0 Å². The Labute approximate surface area is 198 Å². The molecule has 2 aliphatic rings. The number of fused-ring (bicyclic) bond motifs is 1. The van der Waals surface area contributed by atoms with Crippen molar-refractivity contribution in [2.75, 3.05) is 26.2 Å². The first-order chi connectivity index (χ1) is 15.9. The minimum absolute atomic E-state index is 0.270. The fraction of sp³-hybridized carbons (Fsp3) is 0.367. The van der Waals surface area contributed by atoms with Crippen LogP contribution in [0.1, 0.15) is 48.7 Å². The van der Waals surface area contributed by atoms with E-state index in [9.17, 15) is 0 Å². The highest BCUT2D eigenvalue weighted by Gasteiger charge is 2.25. The molecule has 3 heteroatoms. The summed E-state index contributed by atoms with van der Waals surface area (Å²) >= 11 is 0. The third-order valence-corrected chi connectivity index (χ3v) is 7.10. The van der Waals surface area contributed by atoms with Crippen molar-refractivity contribution in [2.24, 2.45) is 0 Å². The lowest BCUT2D eigenvalue weighted by atomic mass is 9.96. The molecule has 0 radical (unpaired) electrons. The number of aromatic nitrogens is 1. The molecule has 5 rings (SSSR count). The van der Waals surface area contributed by atoms with Crippen molar-refractivity contribution < 1.29 is 0 Å². The molecule has 3 aromatic rings. The summed E-state index contributed by atoms with van der Waals surface area (Å²) in [5.41, 5.74) is 10.4. The predicted octanol–water partition coefficient (Wildman–Crippen LogP) is 5.96. The highest BCUT2D eigenvalue weighted by Crippen LogP contribution is 2.34. The highest BCUT2D eigenvalue weighted by atomic mass is 15.3. The van der Waals surface area contributed by atoms with Gasteiger partial charge < -0.3 is 0 Å². The van der Waals surface area contributed by atoms with E-state index in [1.807, 2.05) is 6.20 Å². The van der Waals surface area contributed by atoms with Crippen LogP contribution in [0.25, 0.3) is 16.7 Å². The monoisotopic (exact) mass is 437 g/mol. The molecule has 0 amide bonds. The Morgan fingerprint density at radius 2 is 1.61 bits per heavy atom. The molecule has 0 atom stereocenters. The van der Waals surface area contributed by atoms with Crippen LogP contribution in [0.3, 0.4) is 0 Å². The van der Waals surface area contributed by atoms with E-state index in [0.717, 1.165) is 39.1 Å². The molecule has 1 fully saturated rings. The van der Waals surface area contributed by atoms with Gasteiger partial charge in [-0.25, -0.2) is 0 Å². The van der Waals surface area contributed by atoms with Crippen LogP contribution in [0.15, 0.2) is 66.9 Å². The zero-order chi connectivity index (χ0) is 23.0. The molecule has 0 spiro atoms. The Balaban J connectivity index is 1.29. The molecular weight excluding hydrogens is 402 g/mol. The van der Waals surface area contributed by atoms with Crippen molar-refractivity contribution in [1.82, 2.24) is 14.8 Å². The van der Waals surface area contributed by atoms with Crippen molar-refractivity contribution in [3.63, 3.8) is 0 Å². The Bertz CT molecular complexity index is 1160. The van der Waals surface area contributed by atoms with E-state index in [4.69, 9.17) is 4.98 Å². The van der Waals surface area contributed by atoms with E-state index in [0.29, 0.717) is 0 Å². The van der Waals surface area contributed by atoms with E-state index in [1.54, 1.807) is 0 Å². The van der Waals surface area contributed by atoms with Crippen LogP contribution in [0, 0.1) is 6.92 Å². The molecule has 1 aliphatic carbocycles. The topological polar surface area (TPSA) is 19.4 Å². The summed E-state index contributed by atoms with van der Waals surface area (Å²) in [5.74, 6) is 0. The second-order valence-corrected chi connectivity index (χ2v) is 10.5. The number of rotatable bonds is 4. The van der Waals surface area contributed by atoms with Gasteiger partial charge in [-0.2, -0.15) is 0 Å². The summed E-state index contributed by atoms with van der Waals surface area (Å²) in [5, 5.41) is 0. The summed E-state index contributed by atoms with van der Waals surface area (Å²) in [7, 11) is 0. The Hall–Kier alpha value is -2.75. The molecule has 1 aliphatic heterocycles. The van der Waals surface area contributed by atoms with Gasteiger partial charge in [-0.1, -0.05) is 60.2 Å². The highest BCUT2D eigenvalue weighted by molar-refractivity contribution is 5.86. The maximum absolute atomic E-state index is 4.81. The van der Waals surface area contributed by atoms with Gasteiger partial charge in [-0.05, 0) is 56.0 Å². The van der Waals surface area contributed by atoms with Crippen LogP contribution >= 0.6 is 0 Å². The first-order valence-electron chi connectivity index (χ1n) is 12.2. The van der Waals surface area contributed by atoms with Gasteiger partial charge in [0.1, 0.15) is 0 Å². The maximum Gasteiger partial charge on any atom is 0.0520 e. The molecule has 2 aromatic carbocycles. The summed E-state index contributed by atoms with van der Waals surface area (Å²) in [6, 6.07) is 20.2. The van der Waals surface area contributed by atoms with Gasteiger partial charge in [0, 0.05) is 62.0 Å². The SMILES string of the molecule is Cc1cccc(C2=CCc3ncc(-c4ccc(CN5CCN(C(C)(C)C)CC5)cc4)cc32)c1. The number of hydrogen-bond acceptors (Lipinski definition) is 3. The maximum atomic E-state index is 4.81. The van der Waals surface area contributed by atoms with Gasteiger partial charge in [-0.3, -0.25) is 14.8 Å². The lowest BCUT2D eigenvalue weighted by Crippen LogP contribution is -2.53. The number of nitrogens with zero attached hydrogens (tertiary/aromatic N) is 3. The van der Waals surface area contributed by atoms with Crippen LogP contribution in [-0.4, -0.2) is 46.5 Å². The van der Waals surface area contributed by atoms with E-state index < -0.39 is 0 Å². The number of allylic oxidation sites excluding steroid dienone is 1. The zero-order valence-electron chi connectivity index (χ0n) is 20.4. The summed E-state index contributed by atoms with van der Waals surface area (Å²) in [6.07, 6.45) is 5.27. The first kappa shape index (κ1) is 22.1. The Morgan fingerprint density at radius 1 is 0.848 bits per heavy atom. The van der Waals surface area contributed by atoms with Crippen molar-refractivity contribution in [2.45, 2.75) is 46.2 Å². The molecule has 0 bridgehead atoms. The standard InChI is InChI=1S/C30H35N3/c1-22-6-5-7-25(18-22)27-12-13-29-28(27)19-26(20-31-29)24-10-8-23(9-11-24)21-32-14-16-33(17-15-32)30(2,3)4/h5-12,18-20H,13-17,21H2,1-4H3. The number of piperazine rings is 1. The normalized spacial score (nSPS) is 17.2. The Kier molecular flexibility index (Phi) is 5.94. The number of aryl methyl sites for hydroxylation is 1. The van der Waals surface area contributed by atoms with Crippen LogP contribution < -0.4 is 0 Å². The second kappa shape index (κ2) is 8.89. The molecule has 1 saturated heterocycles. The molecule has 2 heterocycles. The Morgan fingerprint density at radius 3 is 2.30 bits per heavy atom. The van der Waals surface area contributed by atoms with Crippen molar-refractivity contribution in [1.29, 1.82) is 0 Å². The third-order valence-electron chi connectivity index (χ3n) is 7.10. The van der Waals surface area contributed by atoms with Crippen LogP contribution in [0.2, 0.25) is 0 Å². The molecular formula is C30H35N3. The molecule has 3 nitrogen and oxygen atoms in total. The van der Waals surface area contributed by atoms with Gasteiger partial charge in [-0.15, -0.1) is 0 Å². The number of pyridine rings is 1. The van der Waals surface area contributed by atoms with Crippen LogP contribution in [0.4, 0.5) is 0 Å². The van der Waals surface area contributed by atoms with Gasteiger partial charge in [0.2, 0.25) is 0 Å². The van der Waals surface area contributed by atoms with E-state index >= 15 is 0 Å². The molecule has 1 aromatic heterocycles. The molecule has 170 valence electrons.